The summed E-state index contributed by atoms with van der Waals surface area (Å²) >= 11 is 0. The second-order valence-corrected chi connectivity index (χ2v) is 5.89. The molecule has 0 radical (unpaired) electrons. The minimum atomic E-state index is -0.572. The van der Waals surface area contributed by atoms with Crippen molar-refractivity contribution in [1.29, 1.82) is 0 Å². The number of allylic oxidation sites excluding steroid dienone is 1. The maximum Gasteiger partial charge on any atom is 0.331 e. The quantitative estimate of drug-likeness (QED) is 0.640. The second-order valence-electron chi connectivity index (χ2n) is 5.89. The Labute approximate surface area is 142 Å². The van der Waals surface area contributed by atoms with Crippen LogP contribution in [-0.2, 0) is 19.1 Å². The van der Waals surface area contributed by atoms with E-state index in [1.807, 2.05) is 32.0 Å². The number of anilines is 1. The van der Waals surface area contributed by atoms with Gasteiger partial charge in [-0.15, -0.1) is 0 Å². The molecule has 0 aromatic heterocycles. The average molecular weight is 332 g/mol. The molecular weight excluding hydrogens is 308 g/mol. The lowest BCUT2D eigenvalue weighted by atomic mass is 10.1. The predicted molar refractivity (Wildman–Crippen MR) is 92.6 cm³/mol. The number of amides is 2. The zero-order valence-corrected chi connectivity index (χ0v) is 14.8. The van der Waals surface area contributed by atoms with Gasteiger partial charge in [-0.25, -0.2) is 4.79 Å². The molecule has 0 atom stereocenters. The molecule has 0 fully saturated rings. The predicted octanol–water partition coefficient (Wildman–Crippen LogP) is 2.21. The van der Waals surface area contributed by atoms with E-state index in [1.165, 1.54) is 18.0 Å². The zero-order valence-electron chi connectivity index (χ0n) is 14.8. The number of nitrogens with one attached hydrogen (secondary N) is 1. The standard InChI is InChI=1S/C18H24N2O4/c1-12(2)9-17(23)24-11-16(22)20(5)10-15(21)19-18-13(3)7-6-8-14(18)4/h6-9H,10-11H2,1-5H3,(H,19,21). The highest BCUT2D eigenvalue weighted by atomic mass is 16.5. The fourth-order valence-electron chi connectivity index (χ4n) is 2.01. The van der Waals surface area contributed by atoms with Crippen molar-refractivity contribution in [3.8, 4) is 0 Å². The van der Waals surface area contributed by atoms with Gasteiger partial charge in [0.15, 0.2) is 6.61 Å². The Morgan fingerprint density at radius 1 is 1.17 bits per heavy atom. The number of esters is 1. The molecule has 0 aliphatic heterocycles. The SMILES string of the molecule is CC(C)=CC(=O)OCC(=O)N(C)CC(=O)Nc1c(C)cccc1C. The number of para-hydroxylation sites is 1. The lowest BCUT2D eigenvalue weighted by Crippen LogP contribution is -2.37. The molecular formula is C18H24N2O4. The monoisotopic (exact) mass is 332 g/mol. The fourth-order valence-corrected chi connectivity index (χ4v) is 2.01. The first-order valence-electron chi connectivity index (χ1n) is 7.62. The van der Waals surface area contributed by atoms with E-state index >= 15 is 0 Å². The molecule has 24 heavy (non-hydrogen) atoms. The van der Waals surface area contributed by atoms with Crippen LogP contribution in [0.15, 0.2) is 29.8 Å². The maximum atomic E-state index is 12.1. The number of likely N-dealkylation sites (N-methyl/N-ethyl adjacent to an activating group) is 1. The van der Waals surface area contributed by atoms with Gasteiger partial charge in [-0.3, -0.25) is 9.59 Å². The van der Waals surface area contributed by atoms with Gasteiger partial charge in [0.1, 0.15) is 0 Å². The highest BCUT2D eigenvalue weighted by Crippen LogP contribution is 2.19. The van der Waals surface area contributed by atoms with Crippen LogP contribution >= 0.6 is 0 Å². The van der Waals surface area contributed by atoms with Gasteiger partial charge < -0.3 is 15.0 Å². The molecule has 0 unspecified atom stereocenters. The third kappa shape index (κ3) is 6.24. The first-order valence-corrected chi connectivity index (χ1v) is 7.62. The van der Waals surface area contributed by atoms with Gasteiger partial charge in [0, 0.05) is 18.8 Å². The number of nitrogens with zero attached hydrogens (tertiary/aromatic N) is 1. The molecule has 0 aliphatic rings. The largest absolute Gasteiger partial charge is 0.452 e. The van der Waals surface area contributed by atoms with Crippen molar-refractivity contribution in [2.45, 2.75) is 27.7 Å². The third-order valence-electron chi connectivity index (χ3n) is 3.30. The van der Waals surface area contributed by atoms with Crippen LogP contribution in [0.5, 0.6) is 0 Å². The molecule has 2 amide bonds. The van der Waals surface area contributed by atoms with Crippen LogP contribution in [0.2, 0.25) is 0 Å². The van der Waals surface area contributed by atoms with Gasteiger partial charge in [0.25, 0.3) is 5.91 Å². The van der Waals surface area contributed by atoms with Gasteiger partial charge in [0.05, 0.1) is 6.54 Å². The molecule has 0 saturated carbocycles. The van der Waals surface area contributed by atoms with E-state index in [4.69, 9.17) is 4.74 Å². The van der Waals surface area contributed by atoms with Crippen LogP contribution in [0.25, 0.3) is 0 Å². The van der Waals surface area contributed by atoms with Gasteiger partial charge in [-0.05, 0) is 38.8 Å². The van der Waals surface area contributed by atoms with E-state index < -0.39 is 18.5 Å². The van der Waals surface area contributed by atoms with E-state index in [1.54, 1.807) is 13.8 Å². The smallest absolute Gasteiger partial charge is 0.331 e. The van der Waals surface area contributed by atoms with E-state index in [-0.39, 0.29) is 12.5 Å². The number of benzene rings is 1. The molecule has 130 valence electrons. The Hall–Kier alpha value is -2.63. The second kappa shape index (κ2) is 8.86. The summed E-state index contributed by atoms with van der Waals surface area (Å²) in [6.45, 7) is 6.81. The van der Waals surface area contributed by atoms with Crippen molar-refractivity contribution in [3.05, 3.63) is 41.0 Å². The molecule has 1 N–H and O–H groups in total. The Balaban J connectivity index is 2.53. The summed E-state index contributed by atoms with van der Waals surface area (Å²) in [7, 11) is 1.49. The van der Waals surface area contributed by atoms with Crippen molar-refractivity contribution in [1.82, 2.24) is 4.90 Å². The summed E-state index contributed by atoms with van der Waals surface area (Å²) < 4.78 is 4.84. The molecule has 6 heteroatoms. The first kappa shape index (κ1) is 19.4. The van der Waals surface area contributed by atoms with Crippen LogP contribution < -0.4 is 5.32 Å². The highest BCUT2D eigenvalue weighted by molar-refractivity contribution is 5.96. The number of rotatable bonds is 6. The number of aryl methyl sites for hydroxylation is 2. The van der Waals surface area contributed by atoms with Crippen molar-refractivity contribution < 1.29 is 19.1 Å². The first-order chi connectivity index (χ1) is 11.2. The van der Waals surface area contributed by atoms with E-state index in [2.05, 4.69) is 5.32 Å². The lowest BCUT2D eigenvalue weighted by Gasteiger charge is -2.18. The third-order valence-corrected chi connectivity index (χ3v) is 3.30. The Kier molecular flexibility index (Phi) is 7.17. The van der Waals surface area contributed by atoms with Gasteiger partial charge >= 0.3 is 5.97 Å². The fraction of sp³-hybridized carbons (Fsp3) is 0.389. The zero-order chi connectivity index (χ0) is 18.3. The lowest BCUT2D eigenvalue weighted by molar-refractivity contribution is -0.148. The van der Waals surface area contributed by atoms with Crippen molar-refractivity contribution in [3.63, 3.8) is 0 Å². The van der Waals surface area contributed by atoms with Gasteiger partial charge in [-0.1, -0.05) is 23.8 Å². The summed E-state index contributed by atoms with van der Waals surface area (Å²) in [4.78, 5) is 36.6. The molecule has 1 aromatic rings. The number of ether oxygens (including phenoxy) is 1. The maximum absolute atomic E-state index is 12.1. The topological polar surface area (TPSA) is 75.7 Å². The Morgan fingerprint density at radius 3 is 2.29 bits per heavy atom. The van der Waals surface area contributed by atoms with E-state index in [0.717, 1.165) is 22.4 Å². The number of hydrogen-bond donors (Lipinski definition) is 1. The minimum Gasteiger partial charge on any atom is -0.452 e. The van der Waals surface area contributed by atoms with Crippen LogP contribution in [-0.4, -0.2) is 42.9 Å². The van der Waals surface area contributed by atoms with Crippen LogP contribution in [0.1, 0.15) is 25.0 Å². The van der Waals surface area contributed by atoms with Crippen LogP contribution in [0, 0.1) is 13.8 Å². The molecule has 0 heterocycles. The van der Waals surface area contributed by atoms with E-state index in [0.29, 0.717) is 0 Å². The van der Waals surface area contributed by atoms with Gasteiger partial charge in [-0.2, -0.15) is 0 Å². The van der Waals surface area contributed by atoms with Crippen molar-refractivity contribution in [2.24, 2.45) is 0 Å². The van der Waals surface area contributed by atoms with Crippen LogP contribution in [0.4, 0.5) is 5.69 Å². The highest BCUT2D eigenvalue weighted by Gasteiger charge is 2.15. The average Bonchev–Trinajstić information content (AvgIpc) is 2.48. The van der Waals surface area contributed by atoms with Crippen molar-refractivity contribution in [2.75, 3.05) is 25.5 Å². The molecule has 6 nitrogen and oxygen atoms in total. The summed E-state index contributed by atoms with van der Waals surface area (Å²) in [6, 6.07) is 5.72. The summed E-state index contributed by atoms with van der Waals surface area (Å²) in [5, 5.41) is 2.81. The molecule has 0 saturated heterocycles. The minimum absolute atomic E-state index is 0.118. The molecule has 0 bridgehead atoms. The normalized spacial score (nSPS) is 9.88. The van der Waals surface area contributed by atoms with Crippen molar-refractivity contribution >= 4 is 23.5 Å². The Bertz CT molecular complexity index is 641. The summed E-state index contributed by atoms with van der Waals surface area (Å²) in [5.41, 5.74) is 3.44. The number of hydrogen-bond acceptors (Lipinski definition) is 4. The Morgan fingerprint density at radius 2 is 1.75 bits per heavy atom. The molecule has 1 aromatic carbocycles. The molecule has 0 aliphatic carbocycles. The van der Waals surface area contributed by atoms with E-state index in [9.17, 15) is 14.4 Å². The van der Waals surface area contributed by atoms with Gasteiger partial charge in [0.2, 0.25) is 5.91 Å². The molecule has 0 spiro atoms. The number of carbonyl (C=O) groups is 3. The van der Waals surface area contributed by atoms with Crippen LogP contribution in [0.3, 0.4) is 0 Å². The number of carbonyl (C=O) groups excluding carboxylic acids is 3. The molecule has 1 rings (SSSR count). The summed E-state index contributed by atoms with van der Waals surface area (Å²) in [5.74, 6) is -1.32. The summed E-state index contributed by atoms with van der Waals surface area (Å²) in [6.07, 6.45) is 1.31.